The van der Waals surface area contributed by atoms with E-state index in [2.05, 4.69) is 21.5 Å². The minimum Gasteiger partial charge on any atom is -0.352 e. The molecule has 30 heavy (non-hydrogen) atoms. The number of fused-ring (bicyclic) bond motifs is 1. The van der Waals surface area contributed by atoms with E-state index in [0.717, 1.165) is 11.6 Å². The summed E-state index contributed by atoms with van der Waals surface area (Å²) in [5.41, 5.74) is 2.45. The van der Waals surface area contributed by atoms with Crippen molar-refractivity contribution in [3.63, 3.8) is 0 Å². The van der Waals surface area contributed by atoms with Crippen LogP contribution in [0.25, 0.3) is 0 Å². The highest BCUT2D eigenvalue weighted by atomic mass is 19.1. The van der Waals surface area contributed by atoms with E-state index in [1.54, 1.807) is 19.1 Å². The number of rotatable bonds is 3. The van der Waals surface area contributed by atoms with Crippen LogP contribution in [0, 0.1) is 23.0 Å². The summed E-state index contributed by atoms with van der Waals surface area (Å²) in [4.78, 5) is 17.1. The molecule has 0 radical (unpaired) electrons. The first kappa shape index (κ1) is 19.7. The van der Waals surface area contributed by atoms with Crippen molar-refractivity contribution < 1.29 is 13.6 Å². The molecule has 4 rings (SSSR count). The lowest BCUT2D eigenvalue weighted by molar-refractivity contribution is -0.134. The average Bonchev–Trinajstić information content (AvgIpc) is 2.73. The summed E-state index contributed by atoms with van der Waals surface area (Å²) in [5, 5.41) is 17.9. The van der Waals surface area contributed by atoms with E-state index < -0.39 is 17.8 Å². The highest BCUT2D eigenvalue weighted by molar-refractivity contribution is 6.03. The third-order valence-electron chi connectivity index (χ3n) is 5.30. The van der Waals surface area contributed by atoms with Gasteiger partial charge in [-0.3, -0.25) is 9.79 Å². The van der Waals surface area contributed by atoms with Gasteiger partial charge in [0.1, 0.15) is 23.6 Å². The van der Waals surface area contributed by atoms with Gasteiger partial charge in [0, 0.05) is 24.1 Å². The van der Waals surface area contributed by atoms with Gasteiger partial charge in [0.15, 0.2) is 0 Å². The fourth-order valence-electron chi connectivity index (χ4n) is 3.73. The molecule has 0 spiro atoms. The molecule has 2 heterocycles. The topological polar surface area (TPSA) is 80.8 Å². The molecule has 2 atom stereocenters. The quantitative estimate of drug-likeness (QED) is 0.846. The minimum absolute atomic E-state index is 0.0964. The smallest absolute Gasteiger partial charge is 0.252 e. The van der Waals surface area contributed by atoms with Crippen LogP contribution < -0.4 is 5.32 Å². The summed E-state index contributed by atoms with van der Waals surface area (Å²) in [7, 11) is 0. The van der Waals surface area contributed by atoms with Gasteiger partial charge < -0.3 is 5.32 Å². The summed E-state index contributed by atoms with van der Waals surface area (Å²) in [6.07, 6.45) is 0.0441. The van der Waals surface area contributed by atoms with Crippen molar-refractivity contribution in [3.8, 4) is 6.07 Å². The maximum Gasteiger partial charge on any atom is 0.252 e. The molecular weight excluding hydrogens is 388 g/mol. The molecule has 2 unspecified atom stereocenters. The van der Waals surface area contributed by atoms with Gasteiger partial charge in [0.05, 0.1) is 24.6 Å². The van der Waals surface area contributed by atoms with Crippen molar-refractivity contribution in [2.45, 2.75) is 38.4 Å². The minimum atomic E-state index is -0.633. The van der Waals surface area contributed by atoms with Crippen molar-refractivity contribution in [1.82, 2.24) is 10.3 Å². The van der Waals surface area contributed by atoms with Crippen molar-refractivity contribution in [1.29, 1.82) is 5.26 Å². The highest BCUT2D eigenvalue weighted by Crippen LogP contribution is 2.32. The monoisotopic (exact) mass is 407 g/mol. The van der Waals surface area contributed by atoms with Crippen LogP contribution in [-0.4, -0.2) is 28.6 Å². The maximum atomic E-state index is 14.3. The first-order chi connectivity index (χ1) is 14.4. The number of nitrogens with one attached hydrogen (secondary N) is 1. The Balaban J connectivity index is 1.53. The molecule has 0 bridgehead atoms. The second kappa shape index (κ2) is 8.03. The number of hydrazone groups is 1. The van der Waals surface area contributed by atoms with Gasteiger partial charge in [-0.25, -0.2) is 13.8 Å². The molecule has 2 aliphatic rings. The Kier molecular flexibility index (Phi) is 5.27. The Hall–Kier alpha value is -3.60. The van der Waals surface area contributed by atoms with E-state index in [4.69, 9.17) is 5.26 Å². The lowest BCUT2D eigenvalue weighted by atomic mass is 9.88. The van der Waals surface area contributed by atoms with Crippen LogP contribution in [0.3, 0.4) is 0 Å². The molecule has 0 saturated carbocycles. The zero-order chi connectivity index (χ0) is 21.3. The molecule has 152 valence electrons. The number of nitriles is 1. The number of hydrogen-bond donors (Lipinski definition) is 1. The van der Waals surface area contributed by atoms with Gasteiger partial charge >= 0.3 is 0 Å². The molecule has 8 heteroatoms. The van der Waals surface area contributed by atoms with E-state index >= 15 is 0 Å². The number of amidine groups is 1. The standard InChI is InChI=1S/C22H19F2N5O/c1-13-18(17-7-6-16(23)8-19(17)24)9-21-27-20(10-22(30)29(21)28-13)26-12-15-4-2-14(11-25)3-5-15/h2-8,18,21H,9-10,12H2,1H3,(H,26,27). The fourth-order valence-corrected chi connectivity index (χ4v) is 3.73. The van der Waals surface area contributed by atoms with Crippen molar-refractivity contribution >= 4 is 17.5 Å². The Morgan fingerprint density at radius 1 is 1.27 bits per heavy atom. The van der Waals surface area contributed by atoms with Gasteiger partial charge in [-0.15, -0.1) is 0 Å². The zero-order valence-electron chi connectivity index (χ0n) is 16.3. The van der Waals surface area contributed by atoms with Gasteiger partial charge in [-0.2, -0.15) is 10.4 Å². The largest absolute Gasteiger partial charge is 0.352 e. The van der Waals surface area contributed by atoms with Crippen molar-refractivity contribution in [3.05, 3.63) is 70.8 Å². The normalized spacial score (nSPS) is 22.2. The third-order valence-corrected chi connectivity index (χ3v) is 5.30. The number of carbonyl (C=O) groups is 1. The van der Waals surface area contributed by atoms with Gasteiger partial charge in [-0.05, 0) is 36.2 Å². The highest BCUT2D eigenvalue weighted by Gasteiger charge is 2.38. The number of carbonyl (C=O) groups excluding carboxylic acids is 1. The van der Waals surface area contributed by atoms with E-state index in [0.29, 0.717) is 35.6 Å². The van der Waals surface area contributed by atoms with Crippen LogP contribution in [0.15, 0.2) is 52.6 Å². The average molecular weight is 407 g/mol. The van der Waals surface area contributed by atoms with E-state index in [1.165, 1.54) is 17.1 Å². The SMILES string of the molecule is CC1=NN2C(=O)CC(=NCc3ccc(C#N)cc3)NC2CC1c1ccc(F)cc1F. The summed E-state index contributed by atoms with van der Waals surface area (Å²) >= 11 is 0. The molecule has 0 aliphatic carbocycles. The number of amides is 1. The second-order valence-corrected chi connectivity index (χ2v) is 7.34. The van der Waals surface area contributed by atoms with E-state index in [1.807, 2.05) is 12.1 Å². The van der Waals surface area contributed by atoms with Gasteiger partial charge in [0.25, 0.3) is 5.91 Å². The Labute approximate surface area is 172 Å². The van der Waals surface area contributed by atoms with Crippen LogP contribution in [0.5, 0.6) is 0 Å². The summed E-state index contributed by atoms with van der Waals surface area (Å²) < 4.78 is 27.6. The fraction of sp³-hybridized carbons (Fsp3) is 0.273. The molecule has 1 N–H and O–H groups in total. The number of benzene rings is 2. The second-order valence-electron chi connectivity index (χ2n) is 7.34. The van der Waals surface area contributed by atoms with Crippen LogP contribution in [0.4, 0.5) is 8.78 Å². The van der Waals surface area contributed by atoms with Crippen LogP contribution >= 0.6 is 0 Å². The summed E-state index contributed by atoms with van der Waals surface area (Å²) in [5.74, 6) is -1.27. The Morgan fingerprint density at radius 3 is 2.73 bits per heavy atom. The molecule has 1 fully saturated rings. The summed E-state index contributed by atoms with van der Waals surface area (Å²) in [6.45, 7) is 2.11. The molecular formula is C22H19F2N5O. The maximum absolute atomic E-state index is 14.3. The van der Waals surface area contributed by atoms with Crippen molar-refractivity contribution in [2.24, 2.45) is 10.1 Å². The molecule has 2 aliphatic heterocycles. The Morgan fingerprint density at radius 2 is 2.03 bits per heavy atom. The molecule has 6 nitrogen and oxygen atoms in total. The van der Waals surface area contributed by atoms with Gasteiger partial charge in [0.2, 0.25) is 0 Å². The molecule has 1 amide bonds. The lowest BCUT2D eigenvalue weighted by Gasteiger charge is -2.40. The van der Waals surface area contributed by atoms with Gasteiger partial charge in [-0.1, -0.05) is 18.2 Å². The predicted molar refractivity (Wildman–Crippen MR) is 108 cm³/mol. The number of halogens is 2. The first-order valence-corrected chi connectivity index (χ1v) is 9.55. The number of nitrogens with zero attached hydrogens (tertiary/aromatic N) is 4. The molecule has 2 aromatic carbocycles. The predicted octanol–water partition coefficient (Wildman–Crippen LogP) is 3.45. The van der Waals surface area contributed by atoms with Crippen LogP contribution in [-0.2, 0) is 11.3 Å². The Bertz CT molecular complexity index is 1090. The first-order valence-electron chi connectivity index (χ1n) is 9.55. The van der Waals surface area contributed by atoms with E-state index in [-0.39, 0.29) is 18.2 Å². The lowest BCUT2D eigenvalue weighted by Crippen LogP contribution is -2.57. The van der Waals surface area contributed by atoms with Crippen LogP contribution in [0.2, 0.25) is 0 Å². The summed E-state index contributed by atoms with van der Waals surface area (Å²) in [6, 6.07) is 12.7. The zero-order valence-corrected chi connectivity index (χ0v) is 16.3. The molecule has 0 aromatic heterocycles. The molecule has 1 saturated heterocycles. The van der Waals surface area contributed by atoms with Crippen molar-refractivity contribution in [2.75, 3.05) is 0 Å². The van der Waals surface area contributed by atoms with Crippen LogP contribution in [0.1, 0.15) is 42.4 Å². The van der Waals surface area contributed by atoms with E-state index in [9.17, 15) is 13.6 Å². The number of hydrogen-bond acceptors (Lipinski definition) is 4. The molecule has 2 aromatic rings. The number of aliphatic imine (C=N–C) groups is 1. The third kappa shape index (κ3) is 3.92.